The van der Waals surface area contributed by atoms with Gasteiger partial charge < -0.3 is 5.32 Å². The van der Waals surface area contributed by atoms with Gasteiger partial charge in [-0.15, -0.1) is 11.3 Å². The molecule has 0 aliphatic carbocycles. The van der Waals surface area contributed by atoms with E-state index in [0.29, 0.717) is 0 Å². The zero-order valence-electron chi connectivity index (χ0n) is 5.50. The van der Waals surface area contributed by atoms with Gasteiger partial charge in [0.1, 0.15) is 5.84 Å². The van der Waals surface area contributed by atoms with Gasteiger partial charge in [0.2, 0.25) is 0 Å². The highest BCUT2D eigenvalue weighted by Crippen LogP contribution is 2.09. The Balaban J connectivity index is 2.28. The second-order valence-corrected chi connectivity index (χ2v) is 3.08. The van der Waals surface area contributed by atoms with Crippen LogP contribution in [0.25, 0.3) is 0 Å². The number of rotatable bonds is 1. The van der Waals surface area contributed by atoms with Crippen molar-refractivity contribution in [3.8, 4) is 0 Å². The van der Waals surface area contributed by atoms with Crippen LogP contribution >= 0.6 is 11.3 Å². The van der Waals surface area contributed by atoms with Gasteiger partial charge in [-0.05, 0) is 11.4 Å². The first kappa shape index (κ1) is 5.92. The second-order valence-electron chi connectivity index (χ2n) is 2.13. The molecule has 0 aromatic carbocycles. The van der Waals surface area contributed by atoms with Crippen molar-refractivity contribution in [3.05, 3.63) is 22.4 Å². The summed E-state index contributed by atoms with van der Waals surface area (Å²) in [5.74, 6) is 1.06. The van der Waals surface area contributed by atoms with Gasteiger partial charge in [0.05, 0.1) is 11.4 Å². The molecule has 1 aromatic rings. The number of hydrogen-bond donors (Lipinski definition) is 1. The highest BCUT2D eigenvalue weighted by Gasteiger charge is 2.06. The van der Waals surface area contributed by atoms with E-state index in [1.807, 2.05) is 6.07 Å². The Labute approximate surface area is 63.6 Å². The molecule has 0 saturated heterocycles. The maximum atomic E-state index is 4.29. The summed E-state index contributed by atoms with van der Waals surface area (Å²) in [7, 11) is 0. The van der Waals surface area contributed by atoms with Crippen LogP contribution in [0.2, 0.25) is 0 Å². The number of nitrogens with zero attached hydrogens (tertiary/aromatic N) is 1. The van der Waals surface area contributed by atoms with E-state index >= 15 is 0 Å². The summed E-state index contributed by atoms with van der Waals surface area (Å²) >= 11 is 1.73. The molecule has 3 heteroatoms. The molecule has 0 atom stereocenters. The quantitative estimate of drug-likeness (QED) is 0.640. The van der Waals surface area contributed by atoms with E-state index in [-0.39, 0.29) is 0 Å². The summed E-state index contributed by atoms with van der Waals surface area (Å²) in [6.07, 6.45) is 0. The number of hydrogen-bond acceptors (Lipinski definition) is 3. The largest absolute Gasteiger partial charge is 0.367 e. The number of amidine groups is 1. The van der Waals surface area contributed by atoms with Crippen molar-refractivity contribution in [2.24, 2.45) is 4.99 Å². The Kier molecular flexibility index (Phi) is 1.43. The summed E-state index contributed by atoms with van der Waals surface area (Å²) < 4.78 is 0. The van der Waals surface area contributed by atoms with Crippen LogP contribution in [-0.2, 0) is 0 Å². The fraction of sp³-hybridized carbons (Fsp3) is 0.286. The lowest BCUT2D eigenvalue weighted by atomic mass is 10.4. The third-order valence-corrected chi connectivity index (χ3v) is 2.31. The molecule has 1 N–H and O–H groups in total. The van der Waals surface area contributed by atoms with Gasteiger partial charge in [-0.2, -0.15) is 0 Å². The third-order valence-electron chi connectivity index (χ3n) is 1.43. The monoisotopic (exact) mass is 152 g/mol. The second kappa shape index (κ2) is 2.42. The SMILES string of the molecule is c1csc(C2=NCCN2)c1. The number of nitrogens with one attached hydrogen (secondary N) is 1. The van der Waals surface area contributed by atoms with Crippen LogP contribution in [0.5, 0.6) is 0 Å². The highest BCUT2D eigenvalue weighted by molar-refractivity contribution is 7.12. The molecular formula is C7H8N2S. The molecule has 52 valence electrons. The van der Waals surface area contributed by atoms with Gasteiger partial charge in [0.25, 0.3) is 0 Å². The minimum absolute atomic E-state index is 0.924. The molecule has 1 aromatic heterocycles. The molecule has 0 unspecified atom stereocenters. The molecule has 0 radical (unpaired) electrons. The van der Waals surface area contributed by atoms with Gasteiger partial charge in [-0.3, -0.25) is 4.99 Å². The van der Waals surface area contributed by atoms with E-state index in [1.54, 1.807) is 11.3 Å². The Morgan fingerprint density at radius 3 is 3.20 bits per heavy atom. The molecule has 0 amide bonds. The standard InChI is InChI=1S/C7H8N2S/c1-2-6(10-5-1)7-8-3-4-9-7/h1-2,5H,3-4H2,(H,8,9). The molecule has 1 aliphatic heterocycles. The van der Waals surface area contributed by atoms with E-state index in [9.17, 15) is 0 Å². The Morgan fingerprint density at radius 1 is 1.60 bits per heavy atom. The van der Waals surface area contributed by atoms with Crippen LogP contribution in [0.1, 0.15) is 4.88 Å². The molecule has 1 aliphatic rings. The first-order valence-electron chi connectivity index (χ1n) is 3.29. The van der Waals surface area contributed by atoms with Gasteiger partial charge in [-0.25, -0.2) is 0 Å². The van der Waals surface area contributed by atoms with E-state index < -0.39 is 0 Å². The van der Waals surface area contributed by atoms with Crippen molar-refractivity contribution in [1.29, 1.82) is 0 Å². The fourth-order valence-electron chi connectivity index (χ4n) is 0.976. The normalized spacial score (nSPS) is 16.6. The van der Waals surface area contributed by atoms with Crippen LogP contribution in [0, 0.1) is 0 Å². The van der Waals surface area contributed by atoms with Crippen molar-refractivity contribution in [2.75, 3.05) is 13.1 Å². The molecule has 0 saturated carbocycles. The zero-order valence-corrected chi connectivity index (χ0v) is 6.32. The molecule has 10 heavy (non-hydrogen) atoms. The topological polar surface area (TPSA) is 24.4 Å². The minimum atomic E-state index is 0.924. The Hall–Kier alpha value is -0.830. The van der Waals surface area contributed by atoms with Gasteiger partial charge in [-0.1, -0.05) is 6.07 Å². The smallest absolute Gasteiger partial charge is 0.138 e. The predicted octanol–water partition coefficient (Wildman–Crippen LogP) is 1.10. The number of aliphatic imine (C=N–C) groups is 1. The van der Waals surface area contributed by atoms with Crippen molar-refractivity contribution in [1.82, 2.24) is 5.32 Å². The van der Waals surface area contributed by atoms with E-state index in [4.69, 9.17) is 0 Å². The molecule has 2 rings (SSSR count). The molecular weight excluding hydrogens is 144 g/mol. The maximum Gasteiger partial charge on any atom is 0.138 e. The van der Waals surface area contributed by atoms with E-state index in [2.05, 4.69) is 21.8 Å². The van der Waals surface area contributed by atoms with E-state index in [0.717, 1.165) is 18.9 Å². The van der Waals surface area contributed by atoms with Crippen molar-refractivity contribution >= 4 is 17.2 Å². The van der Waals surface area contributed by atoms with Crippen molar-refractivity contribution in [2.45, 2.75) is 0 Å². The van der Waals surface area contributed by atoms with Crippen LogP contribution in [-0.4, -0.2) is 18.9 Å². The Bertz CT molecular complexity index is 238. The lowest BCUT2D eigenvalue weighted by Crippen LogP contribution is -2.17. The fourth-order valence-corrected chi connectivity index (χ4v) is 1.69. The molecule has 0 bridgehead atoms. The van der Waals surface area contributed by atoms with Crippen LogP contribution < -0.4 is 5.32 Å². The maximum absolute atomic E-state index is 4.29. The van der Waals surface area contributed by atoms with E-state index in [1.165, 1.54) is 4.88 Å². The van der Waals surface area contributed by atoms with Crippen LogP contribution in [0.4, 0.5) is 0 Å². The summed E-state index contributed by atoms with van der Waals surface area (Å²) in [5, 5.41) is 5.29. The van der Waals surface area contributed by atoms with Crippen molar-refractivity contribution < 1.29 is 0 Å². The molecule has 2 heterocycles. The number of thiophene rings is 1. The van der Waals surface area contributed by atoms with Gasteiger partial charge in [0.15, 0.2) is 0 Å². The average Bonchev–Trinajstić information content (AvgIpc) is 2.59. The molecule has 0 fully saturated rings. The molecule has 2 nitrogen and oxygen atoms in total. The first-order valence-corrected chi connectivity index (χ1v) is 4.17. The first-order chi connectivity index (χ1) is 4.97. The molecule has 0 spiro atoms. The van der Waals surface area contributed by atoms with Gasteiger partial charge >= 0.3 is 0 Å². The van der Waals surface area contributed by atoms with Gasteiger partial charge in [0, 0.05) is 6.54 Å². The summed E-state index contributed by atoms with van der Waals surface area (Å²) in [4.78, 5) is 5.54. The average molecular weight is 152 g/mol. The predicted molar refractivity (Wildman–Crippen MR) is 43.7 cm³/mol. The summed E-state index contributed by atoms with van der Waals surface area (Å²) in [5.41, 5.74) is 0. The lowest BCUT2D eigenvalue weighted by molar-refractivity contribution is 0.960. The van der Waals surface area contributed by atoms with Crippen LogP contribution in [0.3, 0.4) is 0 Å². The highest BCUT2D eigenvalue weighted by atomic mass is 32.1. The summed E-state index contributed by atoms with van der Waals surface area (Å²) in [6.45, 7) is 1.92. The zero-order chi connectivity index (χ0) is 6.81. The minimum Gasteiger partial charge on any atom is -0.367 e. The lowest BCUT2D eigenvalue weighted by Gasteiger charge is -1.94. The third kappa shape index (κ3) is 0.926. The van der Waals surface area contributed by atoms with Crippen molar-refractivity contribution in [3.63, 3.8) is 0 Å². The Morgan fingerprint density at radius 2 is 2.60 bits per heavy atom. The van der Waals surface area contributed by atoms with Crippen LogP contribution in [0.15, 0.2) is 22.5 Å². The summed E-state index contributed by atoms with van der Waals surface area (Å²) in [6, 6.07) is 4.13.